The predicted molar refractivity (Wildman–Crippen MR) is 115 cm³/mol. The maximum Gasteiger partial charge on any atom is 0.246 e. The molecule has 0 aromatic heterocycles. The number of likely N-dealkylation sites (N-methyl/N-ethyl adjacent to an activating group) is 1. The van der Waals surface area contributed by atoms with Crippen LogP contribution in [0.25, 0.3) is 0 Å². The molecule has 1 saturated carbocycles. The van der Waals surface area contributed by atoms with Gasteiger partial charge in [-0.05, 0) is 58.0 Å². The molecule has 3 rings (SSSR count). The number of nitrogens with zero attached hydrogens (tertiary/aromatic N) is 2. The number of piperidine rings is 1. The zero-order valence-electron chi connectivity index (χ0n) is 18.4. The number of carbonyl (C=O) groups excluding carboxylic acids is 1. The fourth-order valence-corrected chi connectivity index (χ4v) is 6.28. The molecule has 6 nitrogen and oxygen atoms in total. The molecular formula is C22H33F2N3O3S. The largest absolute Gasteiger partial charge is 0.354 e. The van der Waals surface area contributed by atoms with Gasteiger partial charge in [0.05, 0.1) is 0 Å². The quantitative estimate of drug-likeness (QED) is 0.667. The van der Waals surface area contributed by atoms with E-state index < -0.39 is 26.6 Å². The molecular weight excluding hydrogens is 424 g/mol. The van der Waals surface area contributed by atoms with Crippen LogP contribution in [-0.2, 0) is 14.8 Å². The van der Waals surface area contributed by atoms with E-state index in [9.17, 15) is 22.0 Å². The highest BCUT2D eigenvalue weighted by molar-refractivity contribution is 7.89. The molecule has 1 aromatic rings. The van der Waals surface area contributed by atoms with Crippen LogP contribution in [0.5, 0.6) is 0 Å². The van der Waals surface area contributed by atoms with Crippen LogP contribution in [0.3, 0.4) is 0 Å². The van der Waals surface area contributed by atoms with Gasteiger partial charge in [-0.2, -0.15) is 4.31 Å². The monoisotopic (exact) mass is 457 g/mol. The minimum Gasteiger partial charge on any atom is -0.354 e. The Hall–Kier alpha value is -1.58. The normalized spacial score (nSPS) is 21.1. The SMILES string of the molecule is CN(C)C1(CNC(=O)C2CCN(S(=O)(=O)c3cc(F)ccc3F)CC2)CCCCCC1. The lowest BCUT2D eigenvalue weighted by Crippen LogP contribution is -2.53. The smallest absolute Gasteiger partial charge is 0.246 e. The summed E-state index contributed by atoms with van der Waals surface area (Å²) in [7, 11) is -0.0151. The molecule has 1 heterocycles. The first-order valence-electron chi connectivity index (χ1n) is 11.1. The number of hydrogen-bond acceptors (Lipinski definition) is 4. The third kappa shape index (κ3) is 5.43. The highest BCUT2D eigenvalue weighted by atomic mass is 32.2. The zero-order chi connectivity index (χ0) is 22.6. The van der Waals surface area contributed by atoms with E-state index in [0.717, 1.165) is 42.1 Å². The number of benzene rings is 1. The standard InChI is InChI=1S/C22H33F2N3O3S/c1-26(2)22(11-5-3-4-6-12-22)16-25-21(28)17-9-13-27(14-10-17)31(29,30)20-15-18(23)7-8-19(20)24/h7-8,15,17H,3-6,9-14,16H2,1-2H3,(H,25,28). The molecule has 174 valence electrons. The molecule has 31 heavy (non-hydrogen) atoms. The first kappa shape index (κ1) is 24.1. The third-order valence-corrected chi connectivity index (χ3v) is 8.82. The first-order chi connectivity index (χ1) is 14.7. The Bertz CT molecular complexity index is 876. The van der Waals surface area contributed by atoms with Crippen molar-refractivity contribution in [2.75, 3.05) is 33.7 Å². The topological polar surface area (TPSA) is 69.7 Å². The summed E-state index contributed by atoms with van der Waals surface area (Å²) in [4.78, 5) is 14.4. The van der Waals surface area contributed by atoms with Gasteiger partial charge in [0.1, 0.15) is 16.5 Å². The molecule has 0 atom stereocenters. The molecule has 1 aliphatic carbocycles. The van der Waals surface area contributed by atoms with Crippen molar-refractivity contribution in [3.05, 3.63) is 29.8 Å². The average Bonchev–Trinajstić information content (AvgIpc) is 3.00. The Labute approximate surface area is 184 Å². The van der Waals surface area contributed by atoms with Crippen LogP contribution in [0.4, 0.5) is 8.78 Å². The van der Waals surface area contributed by atoms with Crippen molar-refractivity contribution in [1.82, 2.24) is 14.5 Å². The zero-order valence-corrected chi connectivity index (χ0v) is 19.2. The van der Waals surface area contributed by atoms with Gasteiger partial charge in [-0.15, -0.1) is 0 Å². The van der Waals surface area contributed by atoms with Gasteiger partial charge in [-0.1, -0.05) is 25.7 Å². The fraction of sp³-hybridized carbons (Fsp3) is 0.682. The molecule has 2 fully saturated rings. The van der Waals surface area contributed by atoms with Crippen molar-refractivity contribution < 1.29 is 22.0 Å². The maximum atomic E-state index is 14.0. The van der Waals surface area contributed by atoms with E-state index in [1.807, 2.05) is 0 Å². The van der Waals surface area contributed by atoms with Gasteiger partial charge >= 0.3 is 0 Å². The molecule has 1 aliphatic heterocycles. The van der Waals surface area contributed by atoms with Crippen LogP contribution in [0.15, 0.2) is 23.1 Å². The van der Waals surface area contributed by atoms with Crippen molar-refractivity contribution in [3.63, 3.8) is 0 Å². The molecule has 0 unspecified atom stereocenters. The summed E-state index contributed by atoms with van der Waals surface area (Å²) in [5.41, 5.74) is -0.0366. The van der Waals surface area contributed by atoms with Crippen molar-refractivity contribution in [3.8, 4) is 0 Å². The number of nitrogens with one attached hydrogen (secondary N) is 1. The van der Waals surface area contributed by atoms with Crippen LogP contribution in [-0.4, -0.2) is 62.8 Å². The van der Waals surface area contributed by atoms with Gasteiger partial charge in [0.2, 0.25) is 15.9 Å². The molecule has 9 heteroatoms. The van der Waals surface area contributed by atoms with Gasteiger partial charge in [0, 0.05) is 31.1 Å². The number of amides is 1. The highest BCUT2D eigenvalue weighted by Crippen LogP contribution is 2.31. The second-order valence-corrected chi connectivity index (χ2v) is 10.9. The second-order valence-electron chi connectivity index (χ2n) is 9.00. The van der Waals surface area contributed by atoms with Gasteiger partial charge in [0.15, 0.2) is 0 Å². The van der Waals surface area contributed by atoms with Gasteiger partial charge < -0.3 is 10.2 Å². The van der Waals surface area contributed by atoms with Gasteiger partial charge in [-0.25, -0.2) is 17.2 Å². The fourth-order valence-electron chi connectivity index (χ4n) is 4.74. The number of carbonyl (C=O) groups is 1. The minimum atomic E-state index is -4.14. The molecule has 1 saturated heterocycles. The summed E-state index contributed by atoms with van der Waals surface area (Å²) in [6, 6.07) is 2.41. The molecule has 0 radical (unpaired) electrons. The summed E-state index contributed by atoms with van der Waals surface area (Å²) in [6.45, 7) is 0.802. The molecule has 1 amide bonds. The van der Waals surface area contributed by atoms with E-state index in [1.54, 1.807) is 0 Å². The molecule has 0 bridgehead atoms. The van der Waals surface area contributed by atoms with Gasteiger partial charge in [0.25, 0.3) is 0 Å². The Morgan fingerprint density at radius 1 is 1.13 bits per heavy atom. The van der Waals surface area contributed by atoms with Crippen molar-refractivity contribution >= 4 is 15.9 Å². The number of halogens is 2. The highest BCUT2D eigenvalue weighted by Gasteiger charge is 2.36. The summed E-state index contributed by atoms with van der Waals surface area (Å²) in [6.07, 6.45) is 7.58. The summed E-state index contributed by atoms with van der Waals surface area (Å²) >= 11 is 0. The van der Waals surface area contributed by atoms with Crippen LogP contribution in [0.2, 0.25) is 0 Å². The number of hydrogen-bond donors (Lipinski definition) is 1. The molecule has 0 spiro atoms. The lowest BCUT2D eigenvalue weighted by Gasteiger charge is -2.40. The van der Waals surface area contributed by atoms with Crippen molar-refractivity contribution in [2.24, 2.45) is 5.92 Å². The minimum absolute atomic E-state index is 0.0366. The van der Waals surface area contributed by atoms with E-state index in [4.69, 9.17) is 0 Å². The Kier molecular flexibility index (Phi) is 7.70. The van der Waals surface area contributed by atoms with Crippen LogP contribution < -0.4 is 5.32 Å². The number of sulfonamides is 1. The Morgan fingerprint density at radius 2 is 1.74 bits per heavy atom. The van der Waals surface area contributed by atoms with E-state index in [1.165, 1.54) is 12.8 Å². The van der Waals surface area contributed by atoms with E-state index in [-0.39, 0.29) is 30.5 Å². The van der Waals surface area contributed by atoms with E-state index >= 15 is 0 Å². The second kappa shape index (κ2) is 9.92. The summed E-state index contributed by atoms with van der Waals surface area (Å²) in [5.74, 6) is -2.12. The lowest BCUT2D eigenvalue weighted by atomic mass is 9.88. The molecule has 2 aliphatic rings. The van der Waals surface area contributed by atoms with E-state index in [2.05, 4.69) is 24.3 Å². The maximum absolute atomic E-state index is 14.0. The Balaban J connectivity index is 1.59. The molecule has 1 N–H and O–H groups in total. The summed E-state index contributed by atoms with van der Waals surface area (Å²) < 4.78 is 54.1. The average molecular weight is 458 g/mol. The van der Waals surface area contributed by atoms with Gasteiger partial charge in [-0.3, -0.25) is 4.79 Å². The lowest BCUT2D eigenvalue weighted by molar-refractivity contribution is -0.126. The van der Waals surface area contributed by atoms with Crippen LogP contribution in [0, 0.1) is 17.6 Å². The third-order valence-electron chi connectivity index (χ3n) is 6.91. The van der Waals surface area contributed by atoms with Crippen LogP contribution in [0.1, 0.15) is 51.4 Å². The Morgan fingerprint density at radius 3 is 2.32 bits per heavy atom. The number of rotatable bonds is 6. The summed E-state index contributed by atoms with van der Waals surface area (Å²) in [5, 5.41) is 3.12. The van der Waals surface area contributed by atoms with Crippen molar-refractivity contribution in [1.29, 1.82) is 0 Å². The van der Waals surface area contributed by atoms with Crippen molar-refractivity contribution in [2.45, 2.75) is 61.8 Å². The molecule has 1 aromatic carbocycles. The van der Waals surface area contributed by atoms with E-state index in [0.29, 0.717) is 25.5 Å². The predicted octanol–water partition coefficient (Wildman–Crippen LogP) is 3.14. The van der Waals surface area contributed by atoms with Crippen LogP contribution >= 0.6 is 0 Å². The first-order valence-corrected chi connectivity index (χ1v) is 12.5.